The quantitative estimate of drug-likeness (QED) is 0.791. The van der Waals surface area contributed by atoms with Crippen molar-refractivity contribution in [2.24, 2.45) is 18.5 Å². The summed E-state index contributed by atoms with van der Waals surface area (Å²) in [6.07, 6.45) is 1.75. The second kappa shape index (κ2) is 3.89. The van der Waals surface area contributed by atoms with Crippen LogP contribution in [0.15, 0.2) is 10.9 Å². The third-order valence-electron chi connectivity index (χ3n) is 1.71. The summed E-state index contributed by atoms with van der Waals surface area (Å²) in [7, 11) is 1.81. The predicted octanol–water partition coefficient (Wildman–Crippen LogP) is 0.0578. The number of carbonyl (C=O) groups is 1. The molecule has 0 aliphatic carbocycles. The number of rotatable bonds is 3. The number of aromatic nitrogens is 2. The van der Waals surface area contributed by atoms with Gasteiger partial charge in [-0.2, -0.15) is 0 Å². The fraction of sp³-hybridized carbons (Fsp3) is 0.429. The van der Waals surface area contributed by atoms with Gasteiger partial charge in [0.1, 0.15) is 4.60 Å². The molecule has 0 saturated heterocycles. The molecule has 13 heavy (non-hydrogen) atoms. The molecule has 0 saturated carbocycles. The van der Waals surface area contributed by atoms with E-state index in [2.05, 4.69) is 20.9 Å². The Morgan fingerprint density at radius 2 is 2.46 bits per heavy atom. The first-order chi connectivity index (χ1) is 6.02. The van der Waals surface area contributed by atoms with Gasteiger partial charge in [0.05, 0.1) is 18.1 Å². The number of imidazole rings is 1. The first kappa shape index (κ1) is 10.2. The zero-order valence-corrected chi connectivity index (χ0v) is 8.78. The van der Waals surface area contributed by atoms with Crippen LogP contribution >= 0.6 is 15.9 Å². The van der Waals surface area contributed by atoms with Gasteiger partial charge in [0.2, 0.25) is 5.91 Å². The highest BCUT2D eigenvalue weighted by atomic mass is 79.9. The first-order valence-electron chi connectivity index (χ1n) is 3.73. The van der Waals surface area contributed by atoms with Gasteiger partial charge in [-0.15, -0.1) is 0 Å². The Morgan fingerprint density at radius 3 is 2.85 bits per heavy atom. The number of hydrogen-bond donors (Lipinski definition) is 2. The average Bonchev–Trinajstić information content (AvgIpc) is 2.29. The van der Waals surface area contributed by atoms with Gasteiger partial charge < -0.3 is 16.0 Å². The molecule has 0 radical (unpaired) electrons. The van der Waals surface area contributed by atoms with Crippen LogP contribution in [0.25, 0.3) is 0 Å². The maximum atomic E-state index is 10.6. The monoisotopic (exact) mass is 246 g/mol. The minimum Gasteiger partial charge on any atom is -0.370 e. The van der Waals surface area contributed by atoms with Crippen LogP contribution in [-0.4, -0.2) is 15.5 Å². The van der Waals surface area contributed by atoms with Crippen LogP contribution in [0.4, 0.5) is 0 Å². The number of halogens is 1. The molecule has 6 heteroatoms. The number of nitrogens with two attached hydrogens (primary N) is 2. The highest BCUT2D eigenvalue weighted by molar-refractivity contribution is 9.10. The van der Waals surface area contributed by atoms with E-state index in [-0.39, 0.29) is 6.42 Å². The molecule has 1 unspecified atom stereocenters. The molecule has 0 spiro atoms. The second-order valence-electron chi connectivity index (χ2n) is 2.81. The molecule has 72 valence electrons. The average molecular weight is 247 g/mol. The Hall–Kier alpha value is -0.880. The number of amides is 1. The van der Waals surface area contributed by atoms with E-state index in [1.54, 1.807) is 10.9 Å². The van der Waals surface area contributed by atoms with Crippen LogP contribution in [0.1, 0.15) is 18.2 Å². The molecule has 1 heterocycles. The van der Waals surface area contributed by atoms with Crippen molar-refractivity contribution >= 4 is 21.8 Å². The van der Waals surface area contributed by atoms with Crippen molar-refractivity contribution in [3.05, 3.63) is 16.6 Å². The van der Waals surface area contributed by atoms with Gasteiger partial charge in [-0.3, -0.25) is 4.79 Å². The number of nitrogens with zero attached hydrogens (tertiary/aromatic N) is 2. The molecule has 1 amide bonds. The van der Waals surface area contributed by atoms with Gasteiger partial charge in [0.15, 0.2) is 0 Å². The van der Waals surface area contributed by atoms with Crippen LogP contribution in [0.3, 0.4) is 0 Å². The Kier molecular flexibility index (Phi) is 3.05. The fourth-order valence-electron chi connectivity index (χ4n) is 1.14. The van der Waals surface area contributed by atoms with Crippen molar-refractivity contribution in [1.82, 2.24) is 9.55 Å². The summed E-state index contributed by atoms with van der Waals surface area (Å²) < 4.78 is 2.42. The van der Waals surface area contributed by atoms with Crippen molar-refractivity contribution in [3.63, 3.8) is 0 Å². The highest BCUT2D eigenvalue weighted by Crippen LogP contribution is 2.21. The van der Waals surface area contributed by atoms with Crippen LogP contribution in [0.2, 0.25) is 0 Å². The molecule has 1 rings (SSSR count). The van der Waals surface area contributed by atoms with E-state index in [9.17, 15) is 4.79 Å². The summed E-state index contributed by atoms with van der Waals surface area (Å²) in [4.78, 5) is 14.6. The molecule has 4 N–H and O–H groups in total. The molecule has 1 atom stereocenters. The molecule has 1 aromatic rings. The van der Waals surface area contributed by atoms with E-state index in [0.29, 0.717) is 4.60 Å². The van der Waals surface area contributed by atoms with E-state index in [1.807, 2.05) is 7.05 Å². The summed E-state index contributed by atoms with van der Waals surface area (Å²) in [6, 6.07) is -0.403. The molecule has 0 bridgehead atoms. The van der Waals surface area contributed by atoms with Gasteiger partial charge in [-0.25, -0.2) is 4.98 Å². The van der Waals surface area contributed by atoms with Crippen molar-refractivity contribution < 1.29 is 4.79 Å². The molecule has 5 nitrogen and oxygen atoms in total. The molecule has 0 aliphatic rings. The third-order valence-corrected chi connectivity index (χ3v) is 2.32. The summed E-state index contributed by atoms with van der Waals surface area (Å²) in [6.45, 7) is 0. The number of aryl methyl sites for hydroxylation is 1. The topological polar surface area (TPSA) is 86.9 Å². The standard InChI is InChI=1S/C7H11BrN4O/c1-12-3-11-7(8)6(12)4(9)2-5(10)13/h3-4H,2,9H2,1H3,(H2,10,13). The lowest BCUT2D eigenvalue weighted by molar-refractivity contribution is -0.118. The maximum Gasteiger partial charge on any atom is 0.219 e. The second-order valence-corrected chi connectivity index (χ2v) is 3.56. The molecule has 0 fully saturated rings. The molecule has 1 aromatic heterocycles. The molecule has 0 aromatic carbocycles. The molecular weight excluding hydrogens is 236 g/mol. The van der Waals surface area contributed by atoms with Crippen molar-refractivity contribution in [2.45, 2.75) is 12.5 Å². The normalized spacial score (nSPS) is 12.8. The van der Waals surface area contributed by atoms with Gasteiger partial charge >= 0.3 is 0 Å². The van der Waals surface area contributed by atoms with Gasteiger partial charge in [0.25, 0.3) is 0 Å². The Labute approximate surface area is 84.2 Å². The summed E-state index contributed by atoms with van der Waals surface area (Å²) in [5.41, 5.74) is 11.6. The third kappa shape index (κ3) is 2.28. The smallest absolute Gasteiger partial charge is 0.219 e. The van der Waals surface area contributed by atoms with E-state index in [1.165, 1.54) is 0 Å². The lowest BCUT2D eigenvalue weighted by Crippen LogP contribution is -2.22. The van der Waals surface area contributed by atoms with Crippen molar-refractivity contribution in [3.8, 4) is 0 Å². The Morgan fingerprint density at radius 1 is 1.85 bits per heavy atom. The number of hydrogen-bond acceptors (Lipinski definition) is 3. The SMILES string of the molecule is Cn1cnc(Br)c1C(N)CC(N)=O. The molecule has 0 aliphatic heterocycles. The lowest BCUT2D eigenvalue weighted by atomic mass is 10.1. The van der Waals surface area contributed by atoms with Crippen molar-refractivity contribution in [1.29, 1.82) is 0 Å². The molecular formula is C7H11BrN4O. The van der Waals surface area contributed by atoms with E-state index in [4.69, 9.17) is 11.5 Å². The first-order valence-corrected chi connectivity index (χ1v) is 4.52. The minimum absolute atomic E-state index is 0.123. The van der Waals surface area contributed by atoms with Gasteiger partial charge in [-0.05, 0) is 15.9 Å². The largest absolute Gasteiger partial charge is 0.370 e. The fourth-order valence-corrected chi connectivity index (χ4v) is 1.80. The summed E-state index contributed by atoms with van der Waals surface area (Å²) in [5.74, 6) is -0.416. The Bertz CT molecular complexity index is 303. The zero-order valence-electron chi connectivity index (χ0n) is 7.20. The lowest BCUT2D eigenvalue weighted by Gasteiger charge is -2.10. The van der Waals surface area contributed by atoms with Crippen LogP contribution in [0.5, 0.6) is 0 Å². The van der Waals surface area contributed by atoms with E-state index >= 15 is 0 Å². The van der Waals surface area contributed by atoms with Crippen LogP contribution in [-0.2, 0) is 11.8 Å². The van der Waals surface area contributed by atoms with Gasteiger partial charge in [0, 0.05) is 13.5 Å². The van der Waals surface area contributed by atoms with Gasteiger partial charge in [-0.1, -0.05) is 0 Å². The number of primary amides is 1. The summed E-state index contributed by atoms with van der Waals surface area (Å²) >= 11 is 3.24. The Balaban J connectivity index is 2.87. The maximum absolute atomic E-state index is 10.6. The van der Waals surface area contributed by atoms with Crippen LogP contribution < -0.4 is 11.5 Å². The van der Waals surface area contributed by atoms with Crippen LogP contribution in [0, 0.1) is 0 Å². The minimum atomic E-state index is -0.416. The zero-order chi connectivity index (χ0) is 10.0. The number of carbonyl (C=O) groups excluding carboxylic acids is 1. The summed E-state index contributed by atoms with van der Waals surface area (Å²) in [5, 5.41) is 0. The van der Waals surface area contributed by atoms with E-state index < -0.39 is 11.9 Å². The predicted molar refractivity (Wildman–Crippen MR) is 51.6 cm³/mol. The van der Waals surface area contributed by atoms with Crippen molar-refractivity contribution in [2.75, 3.05) is 0 Å². The van der Waals surface area contributed by atoms with E-state index in [0.717, 1.165) is 5.69 Å². The highest BCUT2D eigenvalue weighted by Gasteiger charge is 2.16.